The Morgan fingerprint density at radius 2 is 1.62 bits per heavy atom. The number of carbonyl (C=O) groups excluding carboxylic acids is 2. The molecule has 1 fully saturated rings. The summed E-state index contributed by atoms with van der Waals surface area (Å²) in [6, 6.07) is 6.85. The molecule has 0 saturated carbocycles. The molecule has 0 aliphatic carbocycles. The Balaban J connectivity index is 0.00000220. The fraction of sp³-hybridized carbons (Fsp3) is 0.429. The highest BCUT2D eigenvalue weighted by atomic mass is 35.5. The molecule has 0 spiro atoms. The van der Waals surface area contributed by atoms with Gasteiger partial charge in [0.05, 0.1) is 6.54 Å². The Morgan fingerprint density at radius 3 is 2.24 bits per heavy atom. The van der Waals surface area contributed by atoms with Crippen LogP contribution >= 0.6 is 24.0 Å². The lowest BCUT2D eigenvalue weighted by Gasteiger charge is -2.22. The molecule has 0 unspecified atom stereocenters. The number of carbonyl (C=O) groups is 2. The average molecular weight is 332 g/mol. The zero-order valence-electron chi connectivity index (χ0n) is 11.6. The van der Waals surface area contributed by atoms with Crippen molar-refractivity contribution in [2.45, 2.75) is 6.42 Å². The molecule has 1 aromatic carbocycles. The van der Waals surface area contributed by atoms with Crippen LogP contribution in [0, 0.1) is 0 Å². The lowest BCUT2D eigenvalue weighted by Crippen LogP contribution is -2.39. The van der Waals surface area contributed by atoms with Crippen LogP contribution in [0.3, 0.4) is 0 Å². The number of halogens is 2. The van der Waals surface area contributed by atoms with Crippen molar-refractivity contribution in [3.8, 4) is 0 Å². The summed E-state index contributed by atoms with van der Waals surface area (Å²) in [5.74, 6) is -0.0884. The summed E-state index contributed by atoms with van der Waals surface area (Å²) in [7, 11) is 0. The summed E-state index contributed by atoms with van der Waals surface area (Å²) in [5.41, 5.74) is 5.99. The van der Waals surface area contributed by atoms with Gasteiger partial charge in [0.2, 0.25) is 5.91 Å². The molecule has 1 saturated heterocycles. The average Bonchev–Trinajstić information content (AvgIpc) is 2.72. The maximum atomic E-state index is 12.4. The number of hydrogen-bond acceptors (Lipinski definition) is 3. The Bertz CT molecular complexity index is 493. The highest BCUT2D eigenvalue weighted by Crippen LogP contribution is 2.13. The third-order valence-corrected chi connectivity index (χ3v) is 3.65. The maximum absolute atomic E-state index is 12.4. The molecule has 0 radical (unpaired) electrons. The molecule has 0 bridgehead atoms. The molecular weight excluding hydrogens is 313 g/mol. The van der Waals surface area contributed by atoms with Crippen molar-refractivity contribution in [2.24, 2.45) is 5.73 Å². The van der Waals surface area contributed by atoms with Crippen molar-refractivity contribution in [1.29, 1.82) is 0 Å². The molecule has 1 aliphatic heterocycles. The molecule has 21 heavy (non-hydrogen) atoms. The summed E-state index contributed by atoms with van der Waals surface area (Å²) in [4.78, 5) is 27.4. The molecular formula is C14H19Cl2N3O2. The van der Waals surface area contributed by atoms with Gasteiger partial charge in [-0.1, -0.05) is 11.6 Å². The minimum absolute atomic E-state index is 0. The van der Waals surface area contributed by atoms with E-state index in [-0.39, 0.29) is 30.8 Å². The van der Waals surface area contributed by atoms with E-state index in [0.29, 0.717) is 36.8 Å². The molecule has 1 heterocycles. The van der Waals surface area contributed by atoms with Gasteiger partial charge < -0.3 is 15.5 Å². The van der Waals surface area contributed by atoms with Gasteiger partial charge in [-0.2, -0.15) is 0 Å². The van der Waals surface area contributed by atoms with Crippen LogP contribution in [0.5, 0.6) is 0 Å². The van der Waals surface area contributed by atoms with Gasteiger partial charge in [-0.05, 0) is 30.7 Å². The minimum atomic E-state index is -0.0641. The van der Waals surface area contributed by atoms with Crippen molar-refractivity contribution in [3.63, 3.8) is 0 Å². The van der Waals surface area contributed by atoms with Crippen molar-refractivity contribution >= 4 is 35.8 Å². The molecule has 2 rings (SSSR count). The van der Waals surface area contributed by atoms with Crippen molar-refractivity contribution < 1.29 is 9.59 Å². The Labute approximate surface area is 135 Å². The number of benzene rings is 1. The fourth-order valence-corrected chi connectivity index (χ4v) is 2.40. The second-order valence-corrected chi connectivity index (χ2v) is 5.17. The van der Waals surface area contributed by atoms with Crippen LogP contribution in [0.4, 0.5) is 0 Å². The number of amides is 2. The number of nitrogens with two attached hydrogens (primary N) is 1. The first-order chi connectivity index (χ1) is 9.61. The van der Waals surface area contributed by atoms with Crippen LogP contribution in [0.2, 0.25) is 5.02 Å². The van der Waals surface area contributed by atoms with E-state index in [2.05, 4.69) is 0 Å². The SMILES string of the molecule is Cl.NCC(=O)N1CCCN(C(=O)c2ccc(Cl)cc2)CC1. The molecule has 0 atom stereocenters. The summed E-state index contributed by atoms with van der Waals surface area (Å²) >= 11 is 5.82. The van der Waals surface area contributed by atoms with Crippen molar-refractivity contribution in [2.75, 3.05) is 32.7 Å². The first kappa shape index (κ1) is 17.8. The highest BCUT2D eigenvalue weighted by Gasteiger charge is 2.22. The van der Waals surface area contributed by atoms with Crippen LogP contribution in [-0.4, -0.2) is 54.3 Å². The lowest BCUT2D eigenvalue weighted by molar-refractivity contribution is -0.129. The predicted octanol–water partition coefficient (Wildman–Crippen LogP) is 1.39. The third-order valence-electron chi connectivity index (χ3n) is 3.40. The number of nitrogens with zero attached hydrogens (tertiary/aromatic N) is 2. The van der Waals surface area contributed by atoms with Crippen LogP contribution in [0.25, 0.3) is 0 Å². The molecule has 2 N–H and O–H groups in total. The van der Waals surface area contributed by atoms with Gasteiger partial charge in [-0.3, -0.25) is 9.59 Å². The summed E-state index contributed by atoms with van der Waals surface area (Å²) < 4.78 is 0. The molecule has 7 heteroatoms. The third kappa shape index (κ3) is 4.59. The van der Waals surface area contributed by atoms with Crippen LogP contribution in [0.15, 0.2) is 24.3 Å². The van der Waals surface area contributed by atoms with Crippen LogP contribution in [0.1, 0.15) is 16.8 Å². The molecule has 0 aromatic heterocycles. The molecule has 116 valence electrons. The zero-order valence-corrected chi connectivity index (χ0v) is 13.2. The molecule has 2 amide bonds. The lowest BCUT2D eigenvalue weighted by atomic mass is 10.2. The van der Waals surface area contributed by atoms with Gasteiger partial charge in [0, 0.05) is 36.8 Å². The summed E-state index contributed by atoms with van der Waals surface area (Å²) in [6.45, 7) is 2.39. The second-order valence-electron chi connectivity index (χ2n) is 4.74. The van der Waals surface area contributed by atoms with Crippen molar-refractivity contribution in [3.05, 3.63) is 34.9 Å². The quantitative estimate of drug-likeness (QED) is 0.890. The topological polar surface area (TPSA) is 66.6 Å². The standard InChI is InChI=1S/C14H18ClN3O2.ClH/c15-12-4-2-11(3-5-12)14(20)18-7-1-6-17(8-9-18)13(19)10-16;/h2-5H,1,6-10,16H2;1H. The summed E-state index contributed by atoms with van der Waals surface area (Å²) in [5, 5.41) is 0.608. The van der Waals surface area contributed by atoms with E-state index in [9.17, 15) is 9.59 Å². The van der Waals surface area contributed by atoms with E-state index in [1.54, 1.807) is 34.1 Å². The smallest absolute Gasteiger partial charge is 0.253 e. The van der Waals surface area contributed by atoms with Crippen LogP contribution < -0.4 is 5.73 Å². The zero-order chi connectivity index (χ0) is 14.5. The van der Waals surface area contributed by atoms with E-state index in [1.807, 2.05) is 0 Å². The first-order valence-electron chi connectivity index (χ1n) is 6.64. The number of rotatable bonds is 2. The van der Waals surface area contributed by atoms with Gasteiger partial charge in [0.15, 0.2) is 0 Å². The first-order valence-corrected chi connectivity index (χ1v) is 7.02. The second kappa shape index (κ2) is 8.22. The van der Waals surface area contributed by atoms with Gasteiger partial charge in [-0.15, -0.1) is 12.4 Å². The Hall–Kier alpha value is -1.30. The van der Waals surface area contributed by atoms with Gasteiger partial charge in [0.1, 0.15) is 0 Å². The van der Waals surface area contributed by atoms with Gasteiger partial charge >= 0.3 is 0 Å². The minimum Gasteiger partial charge on any atom is -0.340 e. The van der Waals surface area contributed by atoms with Gasteiger partial charge in [0.25, 0.3) is 5.91 Å². The van der Waals surface area contributed by atoms with E-state index in [0.717, 1.165) is 6.42 Å². The predicted molar refractivity (Wildman–Crippen MR) is 84.9 cm³/mol. The normalized spacial score (nSPS) is 15.1. The summed E-state index contributed by atoms with van der Waals surface area (Å²) in [6.07, 6.45) is 0.769. The van der Waals surface area contributed by atoms with E-state index < -0.39 is 0 Å². The monoisotopic (exact) mass is 331 g/mol. The Kier molecular flexibility index (Phi) is 6.95. The Morgan fingerprint density at radius 1 is 1.05 bits per heavy atom. The van der Waals surface area contributed by atoms with E-state index in [1.165, 1.54) is 0 Å². The van der Waals surface area contributed by atoms with Crippen molar-refractivity contribution in [1.82, 2.24) is 9.80 Å². The largest absolute Gasteiger partial charge is 0.340 e. The van der Waals surface area contributed by atoms with Crippen LogP contribution in [-0.2, 0) is 4.79 Å². The molecule has 5 nitrogen and oxygen atoms in total. The molecule has 1 aromatic rings. The highest BCUT2D eigenvalue weighted by molar-refractivity contribution is 6.30. The maximum Gasteiger partial charge on any atom is 0.253 e. The van der Waals surface area contributed by atoms with E-state index in [4.69, 9.17) is 17.3 Å². The van der Waals surface area contributed by atoms with Gasteiger partial charge in [-0.25, -0.2) is 0 Å². The number of hydrogen-bond donors (Lipinski definition) is 1. The van der Waals surface area contributed by atoms with E-state index >= 15 is 0 Å². The molecule has 1 aliphatic rings. The fourth-order valence-electron chi connectivity index (χ4n) is 2.27.